The molecule has 3 aromatic rings. The molecule has 0 aromatic carbocycles. The van der Waals surface area contributed by atoms with Crippen molar-refractivity contribution in [2.75, 3.05) is 24.4 Å². The van der Waals surface area contributed by atoms with Crippen molar-refractivity contribution in [1.29, 1.82) is 0 Å². The van der Waals surface area contributed by atoms with Crippen LogP contribution in [0.2, 0.25) is 0 Å². The van der Waals surface area contributed by atoms with Gasteiger partial charge in [0.2, 0.25) is 11.8 Å². The molecule has 0 spiro atoms. The molecule has 0 saturated carbocycles. The van der Waals surface area contributed by atoms with Gasteiger partial charge in [-0.25, -0.2) is 4.98 Å². The molecule has 170 valence electrons. The van der Waals surface area contributed by atoms with Crippen LogP contribution in [0.3, 0.4) is 0 Å². The molecule has 3 aromatic heterocycles. The number of aryl methyl sites for hydroxylation is 3. The minimum absolute atomic E-state index is 0. The van der Waals surface area contributed by atoms with Gasteiger partial charge in [-0.2, -0.15) is 18.6 Å². The number of nitrogens with zero attached hydrogens (tertiary/aromatic N) is 5. The fourth-order valence-electron chi connectivity index (χ4n) is 4.01. The molecule has 4 rings (SSSR count). The van der Waals surface area contributed by atoms with Crippen LogP contribution in [0.5, 0.6) is 5.88 Å². The van der Waals surface area contributed by atoms with Crippen molar-refractivity contribution in [3.8, 4) is 5.88 Å². The highest BCUT2D eigenvalue weighted by Gasteiger charge is 2.30. The topological polar surface area (TPSA) is 85.2 Å². The van der Waals surface area contributed by atoms with E-state index in [2.05, 4.69) is 26.4 Å². The molecule has 1 amide bonds. The molecule has 4 heterocycles. The summed E-state index contributed by atoms with van der Waals surface area (Å²) in [5, 5.41) is 7.49. The van der Waals surface area contributed by atoms with Gasteiger partial charge in [-0.05, 0) is 43.9 Å². The molecule has 1 N–H and O–H groups in total. The lowest BCUT2D eigenvalue weighted by Gasteiger charge is -2.35. The molecule has 0 bridgehead atoms. The highest BCUT2D eigenvalue weighted by Crippen LogP contribution is 2.34. The lowest BCUT2D eigenvalue weighted by Crippen LogP contribution is -2.46. The number of rotatable bonds is 7. The van der Waals surface area contributed by atoms with E-state index in [1.54, 1.807) is 7.11 Å². The minimum atomic E-state index is -0.148. The summed E-state index contributed by atoms with van der Waals surface area (Å²) in [4.78, 5) is 23.5. The van der Waals surface area contributed by atoms with Crippen LogP contribution >= 0.6 is 13.5 Å². The Morgan fingerprint density at radius 3 is 2.75 bits per heavy atom. The van der Waals surface area contributed by atoms with Gasteiger partial charge in [0.15, 0.2) is 0 Å². The standard InChI is InChI=1S/C23H28N6O2.H2S/c1-5-19-23(30)27-22-15(2)25-17(11-20(22)28(19)3)10-9-16-12-24-29(13-16)14-18-7-6-8-21(26-18)31-4;/h6-8,11-13,19H,5,9-10,14H2,1-4H3,(H,27,30);1H2/t19-;/m0./s1. The van der Waals surface area contributed by atoms with Crippen molar-refractivity contribution in [3.05, 3.63) is 59.3 Å². The number of amides is 1. The van der Waals surface area contributed by atoms with Crippen molar-refractivity contribution in [3.63, 3.8) is 0 Å². The number of ether oxygens (including phenoxy) is 1. The van der Waals surface area contributed by atoms with Gasteiger partial charge in [0, 0.05) is 25.0 Å². The van der Waals surface area contributed by atoms with Crippen molar-refractivity contribution < 1.29 is 9.53 Å². The molecule has 0 radical (unpaired) electrons. The number of methoxy groups -OCH3 is 1. The van der Waals surface area contributed by atoms with Gasteiger partial charge in [0.1, 0.15) is 6.04 Å². The maximum absolute atomic E-state index is 12.3. The van der Waals surface area contributed by atoms with Crippen molar-refractivity contribution in [2.24, 2.45) is 0 Å². The summed E-state index contributed by atoms with van der Waals surface area (Å²) in [7, 11) is 3.59. The molecule has 32 heavy (non-hydrogen) atoms. The average molecular weight is 455 g/mol. The summed E-state index contributed by atoms with van der Waals surface area (Å²) >= 11 is 0. The van der Waals surface area contributed by atoms with E-state index in [4.69, 9.17) is 9.72 Å². The third-order valence-electron chi connectivity index (χ3n) is 5.69. The molecular weight excluding hydrogens is 424 g/mol. The molecule has 1 aliphatic rings. The Morgan fingerprint density at radius 2 is 2.00 bits per heavy atom. The Kier molecular flexibility index (Phi) is 7.40. The zero-order chi connectivity index (χ0) is 22.0. The van der Waals surface area contributed by atoms with Gasteiger partial charge in [-0.1, -0.05) is 13.0 Å². The van der Waals surface area contributed by atoms with Gasteiger partial charge < -0.3 is 15.0 Å². The summed E-state index contributed by atoms with van der Waals surface area (Å²) in [5.74, 6) is 0.637. The van der Waals surface area contributed by atoms with Crippen LogP contribution in [0.15, 0.2) is 36.7 Å². The number of carbonyl (C=O) groups excluding carboxylic acids is 1. The first-order valence-corrected chi connectivity index (χ1v) is 10.5. The highest BCUT2D eigenvalue weighted by molar-refractivity contribution is 7.59. The van der Waals surface area contributed by atoms with E-state index >= 15 is 0 Å². The second kappa shape index (κ2) is 10.0. The summed E-state index contributed by atoms with van der Waals surface area (Å²) in [6.07, 6.45) is 6.34. The summed E-state index contributed by atoms with van der Waals surface area (Å²) in [6, 6.07) is 7.66. The Hall–Kier alpha value is -3.07. The first kappa shape index (κ1) is 23.6. The Balaban J connectivity index is 0.00000289. The van der Waals surface area contributed by atoms with Crippen LogP contribution in [-0.2, 0) is 24.2 Å². The lowest BCUT2D eigenvalue weighted by molar-refractivity contribution is -0.117. The van der Waals surface area contributed by atoms with Crippen molar-refractivity contribution in [2.45, 2.75) is 45.7 Å². The van der Waals surface area contributed by atoms with Crippen LogP contribution in [0.25, 0.3) is 0 Å². The Labute approximate surface area is 195 Å². The van der Waals surface area contributed by atoms with E-state index in [-0.39, 0.29) is 25.4 Å². The third kappa shape index (κ3) is 4.88. The number of nitrogens with one attached hydrogen (secondary N) is 1. The molecule has 1 atom stereocenters. The van der Waals surface area contributed by atoms with Gasteiger partial charge in [0.05, 0.1) is 42.6 Å². The quantitative estimate of drug-likeness (QED) is 0.591. The number of carbonyl (C=O) groups is 1. The third-order valence-corrected chi connectivity index (χ3v) is 5.69. The predicted octanol–water partition coefficient (Wildman–Crippen LogP) is 3.10. The summed E-state index contributed by atoms with van der Waals surface area (Å²) in [6.45, 7) is 4.57. The van der Waals surface area contributed by atoms with Gasteiger partial charge in [-0.15, -0.1) is 0 Å². The molecule has 1 aliphatic heterocycles. The maximum Gasteiger partial charge on any atom is 0.247 e. The predicted molar refractivity (Wildman–Crippen MR) is 130 cm³/mol. The van der Waals surface area contributed by atoms with E-state index in [1.807, 2.05) is 56.2 Å². The first-order chi connectivity index (χ1) is 15.0. The fraction of sp³-hybridized carbons (Fsp3) is 0.391. The molecule has 0 fully saturated rings. The van der Waals surface area contributed by atoms with Gasteiger partial charge in [-0.3, -0.25) is 14.5 Å². The number of likely N-dealkylation sites (N-methyl/N-ethyl adjacent to an activating group) is 1. The number of anilines is 2. The number of hydrogen-bond donors (Lipinski definition) is 1. The van der Waals surface area contributed by atoms with Crippen molar-refractivity contribution >= 4 is 30.8 Å². The summed E-state index contributed by atoms with van der Waals surface area (Å²) < 4.78 is 7.07. The van der Waals surface area contributed by atoms with Gasteiger partial charge in [0.25, 0.3) is 0 Å². The van der Waals surface area contributed by atoms with E-state index in [9.17, 15) is 4.79 Å². The SMILES string of the molecule is CC[C@H]1C(=O)Nc2c(cc(CCc3cnn(Cc4cccc(OC)n4)c3)nc2C)N1C.S. The number of aromatic nitrogens is 4. The van der Waals surface area contributed by atoms with Crippen LogP contribution < -0.4 is 15.0 Å². The molecule has 9 heteroatoms. The molecule has 0 unspecified atom stereocenters. The number of hydrogen-bond acceptors (Lipinski definition) is 6. The maximum atomic E-state index is 12.3. The molecule has 0 saturated heterocycles. The monoisotopic (exact) mass is 454 g/mol. The van der Waals surface area contributed by atoms with Crippen molar-refractivity contribution in [1.82, 2.24) is 19.7 Å². The number of fused-ring (bicyclic) bond motifs is 1. The smallest absolute Gasteiger partial charge is 0.247 e. The Morgan fingerprint density at radius 1 is 1.19 bits per heavy atom. The zero-order valence-electron chi connectivity index (χ0n) is 18.9. The first-order valence-electron chi connectivity index (χ1n) is 10.5. The van der Waals surface area contributed by atoms with Crippen LogP contribution in [0.4, 0.5) is 11.4 Å². The van der Waals surface area contributed by atoms with Gasteiger partial charge >= 0.3 is 0 Å². The molecule has 8 nitrogen and oxygen atoms in total. The van der Waals surface area contributed by atoms with Crippen LogP contribution in [0, 0.1) is 6.92 Å². The number of pyridine rings is 2. The normalized spacial score (nSPS) is 15.1. The second-order valence-corrected chi connectivity index (χ2v) is 7.83. The van der Waals surface area contributed by atoms with Crippen LogP contribution in [0.1, 0.15) is 36.0 Å². The fourth-order valence-corrected chi connectivity index (χ4v) is 4.01. The minimum Gasteiger partial charge on any atom is -0.481 e. The second-order valence-electron chi connectivity index (χ2n) is 7.83. The summed E-state index contributed by atoms with van der Waals surface area (Å²) in [5.41, 5.74) is 5.76. The van der Waals surface area contributed by atoms with E-state index < -0.39 is 0 Å². The zero-order valence-corrected chi connectivity index (χ0v) is 19.9. The molecule has 0 aliphatic carbocycles. The Bertz CT molecular complexity index is 1100. The lowest BCUT2D eigenvalue weighted by atomic mass is 10.0. The van der Waals surface area contributed by atoms with E-state index in [0.717, 1.165) is 53.3 Å². The van der Waals surface area contributed by atoms with E-state index in [1.165, 1.54) is 0 Å². The highest BCUT2D eigenvalue weighted by atomic mass is 32.1. The average Bonchev–Trinajstić information content (AvgIpc) is 3.21. The van der Waals surface area contributed by atoms with E-state index in [0.29, 0.717) is 12.4 Å². The van der Waals surface area contributed by atoms with Crippen LogP contribution in [-0.4, -0.2) is 45.9 Å². The largest absolute Gasteiger partial charge is 0.481 e. The molecular formula is C23H30N6O2S.